The van der Waals surface area contributed by atoms with E-state index in [2.05, 4.69) is 0 Å². The van der Waals surface area contributed by atoms with E-state index in [0.29, 0.717) is 0 Å². The largest absolute Gasteiger partial charge is 0.327 e. The van der Waals surface area contributed by atoms with Crippen molar-refractivity contribution >= 4 is 0 Å². The SMILES string of the molecule is CC(F)(F)CC1CCCC1N. The second kappa shape index (κ2) is 3.05. The van der Waals surface area contributed by atoms with Gasteiger partial charge in [0.2, 0.25) is 5.92 Å². The summed E-state index contributed by atoms with van der Waals surface area (Å²) in [5.41, 5.74) is 5.65. The Balaban J connectivity index is 2.37. The van der Waals surface area contributed by atoms with Crippen molar-refractivity contribution < 1.29 is 8.78 Å². The molecule has 0 bridgehead atoms. The Hall–Kier alpha value is -0.180. The fraction of sp³-hybridized carbons (Fsp3) is 1.00. The van der Waals surface area contributed by atoms with E-state index in [-0.39, 0.29) is 18.4 Å². The Kier molecular flexibility index (Phi) is 2.47. The average Bonchev–Trinajstić information content (AvgIpc) is 2.12. The van der Waals surface area contributed by atoms with Crippen LogP contribution >= 0.6 is 0 Å². The minimum atomic E-state index is -2.54. The van der Waals surface area contributed by atoms with Crippen LogP contribution in [0.2, 0.25) is 0 Å². The molecule has 0 saturated heterocycles. The topological polar surface area (TPSA) is 26.0 Å². The summed E-state index contributed by atoms with van der Waals surface area (Å²) >= 11 is 0. The molecule has 0 spiro atoms. The number of nitrogens with two attached hydrogens (primary N) is 1. The minimum Gasteiger partial charge on any atom is -0.327 e. The molecular formula is C8H15F2N. The third-order valence-electron chi connectivity index (χ3n) is 2.34. The molecule has 1 fully saturated rings. The second-order valence-corrected chi connectivity index (χ2v) is 3.63. The van der Waals surface area contributed by atoms with Crippen LogP contribution in [0.15, 0.2) is 0 Å². The van der Waals surface area contributed by atoms with E-state index in [1.165, 1.54) is 0 Å². The summed E-state index contributed by atoms with van der Waals surface area (Å²) in [6.07, 6.45) is 2.78. The third-order valence-corrected chi connectivity index (χ3v) is 2.34. The van der Waals surface area contributed by atoms with E-state index in [1.807, 2.05) is 0 Å². The summed E-state index contributed by atoms with van der Waals surface area (Å²) in [6, 6.07) is 0.0147. The zero-order valence-electron chi connectivity index (χ0n) is 6.82. The number of halogens is 2. The van der Waals surface area contributed by atoms with Crippen molar-refractivity contribution in [1.82, 2.24) is 0 Å². The zero-order chi connectivity index (χ0) is 8.48. The quantitative estimate of drug-likeness (QED) is 0.663. The van der Waals surface area contributed by atoms with Crippen molar-refractivity contribution in [2.75, 3.05) is 0 Å². The number of rotatable bonds is 2. The summed E-state index contributed by atoms with van der Waals surface area (Å²) < 4.78 is 25.0. The van der Waals surface area contributed by atoms with Gasteiger partial charge in [0.15, 0.2) is 0 Å². The van der Waals surface area contributed by atoms with Crippen LogP contribution in [0.5, 0.6) is 0 Å². The van der Waals surface area contributed by atoms with Gasteiger partial charge in [-0.05, 0) is 25.7 Å². The molecule has 0 aliphatic heterocycles. The van der Waals surface area contributed by atoms with Gasteiger partial charge in [0.05, 0.1) is 0 Å². The summed E-state index contributed by atoms with van der Waals surface area (Å²) in [7, 11) is 0. The Morgan fingerprint density at radius 1 is 1.45 bits per heavy atom. The van der Waals surface area contributed by atoms with Crippen LogP contribution < -0.4 is 5.73 Å². The Labute approximate surface area is 66.0 Å². The van der Waals surface area contributed by atoms with Crippen LogP contribution in [-0.4, -0.2) is 12.0 Å². The van der Waals surface area contributed by atoms with Crippen molar-refractivity contribution in [3.63, 3.8) is 0 Å². The number of hydrogen-bond donors (Lipinski definition) is 1. The molecule has 0 aromatic heterocycles. The van der Waals surface area contributed by atoms with Gasteiger partial charge in [0.1, 0.15) is 0 Å². The molecule has 0 aromatic carbocycles. The summed E-state index contributed by atoms with van der Waals surface area (Å²) in [5.74, 6) is -2.48. The monoisotopic (exact) mass is 163 g/mol. The molecule has 3 heteroatoms. The summed E-state index contributed by atoms with van der Waals surface area (Å²) in [6.45, 7) is 0.970. The maximum atomic E-state index is 12.5. The Morgan fingerprint density at radius 3 is 2.45 bits per heavy atom. The van der Waals surface area contributed by atoms with Gasteiger partial charge in [0, 0.05) is 12.5 Å². The fourth-order valence-electron chi connectivity index (χ4n) is 1.78. The van der Waals surface area contributed by atoms with Crippen molar-refractivity contribution in [3.8, 4) is 0 Å². The molecule has 0 aromatic rings. The molecule has 2 atom stereocenters. The molecule has 0 amide bonds. The molecular weight excluding hydrogens is 148 g/mol. The molecule has 0 heterocycles. The summed E-state index contributed by atoms with van der Waals surface area (Å²) in [4.78, 5) is 0. The Morgan fingerprint density at radius 2 is 2.09 bits per heavy atom. The predicted octanol–water partition coefficient (Wildman–Crippen LogP) is 2.16. The van der Waals surface area contributed by atoms with Crippen LogP contribution in [0.4, 0.5) is 8.78 Å². The highest BCUT2D eigenvalue weighted by Crippen LogP contribution is 2.33. The number of hydrogen-bond acceptors (Lipinski definition) is 1. The molecule has 2 unspecified atom stereocenters. The van der Waals surface area contributed by atoms with Gasteiger partial charge >= 0.3 is 0 Å². The van der Waals surface area contributed by atoms with Gasteiger partial charge in [-0.2, -0.15) is 0 Å². The van der Waals surface area contributed by atoms with Gasteiger partial charge in [-0.3, -0.25) is 0 Å². The summed E-state index contributed by atoms with van der Waals surface area (Å²) in [5, 5.41) is 0. The first-order valence-electron chi connectivity index (χ1n) is 4.12. The first-order valence-corrected chi connectivity index (χ1v) is 4.12. The van der Waals surface area contributed by atoms with Crippen LogP contribution in [0, 0.1) is 5.92 Å². The number of alkyl halides is 2. The molecule has 0 radical (unpaired) electrons. The van der Waals surface area contributed by atoms with Crippen LogP contribution in [0.1, 0.15) is 32.6 Å². The molecule has 11 heavy (non-hydrogen) atoms. The van der Waals surface area contributed by atoms with Crippen LogP contribution in [0.25, 0.3) is 0 Å². The van der Waals surface area contributed by atoms with E-state index >= 15 is 0 Å². The van der Waals surface area contributed by atoms with E-state index in [1.54, 1.807) is 0 Å². The average molecular weight is 163 g/mol. The highest BCUT2D eigenvalue weighted by atomic mass is 19.3. The lowest BCUT2D eigenvalue weighted by Gasteiger charge is -2.19. The standard InChI is InChI=1S/C8H15F2N/c1-8(9,10)5-6-3-2-4-7(6)11/h6-7H,2-5,11H2,1H3. The highest BCUT2D eigenvalue weighted by Gasteiger charge is 2.32. The first kappa shape index (κ1) is 8.91. The molecule has 66 valence electrons. The minimum absolute atomic E-state index is 0.0147. The molecule has 2 N–H and O–H groups in total. The first-order chi connectivity index (χ1) is 4.99. The van der Waals surface area contributed by atoms with Crippen molar-refractivity contribution in [2.45, 2.75) is 44.6 Å². The van der Waals surface area contributed by atoms with Crippen molar-refractivity contribution in [1.29, 1.82) is 0 Å². The normalized spacial score (nSPS) is 32.7. The highest BCUT2D eigenvalue weighted by molar-refractivity contribution is 4.82. The third kappa shape index (κ3) is 2.73. The van der Waals surface area contributed by atoms with Crippen LogP contribution in [-0.2, 0) is 0 Å². The van der Waals surface area contributed by atoms with E-state index < -0.39 is 5.92 Å². The van der Waals surface area contributed by atoms with Crippen LogP contribution in [0.3, 0.4) is 0 Å². The molecule has 1 aliphatic carbocycles. The van der Waals surface area contributed by atoms with Gasteiger partial charge < -0.3 is 5.73 Å². The lowest BCUT2D eigenvalue weighted by Crippen LogP contribution is -2.29. The molecule has 1 saturated carbocycles. The van der Waals surface area contributed by atoms with E-state index in [9.17, 15) is 8.78 Å². The molecule has 1 rings (SSSR count). The van der Waals surface area contributed by atoms with E-state index in [4.69, 9.17) is 5.73 Å². The Bertz CT molecular complexity index is 131. The van der Waals surface area contributed by atoms with Gasteiger partial charge in [-0.1, -0.05) is 6.42 Å². The lowest BCUT2D eigenvalue weighted by molar-refractivity contribution is -0.00463. The zero-order valence-corrected chi connectivity index (χ0v) is 6.82. The van der Waals surface area contributed by atoms with E-state index in [0.717, 1.165) is 26.2 Å². The van der Waals surface area contributed by atoms with Gasteiger partial charge in [-0.15, -0.1) is 0 Å². The fourth-order valence-corrected chi connectivity index (χ4v) is 1.78. The molecule has 1 aliphatic rings. The van der Waals surface area contributed by atoms with Gasteiger partial charge in [0.25, 0.3) is 0 Å². The van der Waals surface area contributed by atoms with Gasteiger partial charge in [-0.25, -0.2) is 8.78 Å². The maximum Gasteiger partial charge on any atom is 0.245 e. The van der Waals surface area contributed by atoms with Crippen molar-refractivity contribution in [3.05, 3.63) is 0 Å². The van der Waals surface area contributed by atoms with Crippen molar-refractivity contribution in [2.24, 2.45) is 11.7 Å². The molecule has 1 nitrogen and oxygen atoms in total. The second-order valence-electron chi connectivity index (χ2n) is 3.63. The smallest absolute Gasteiger partial charge is 0.245 e. The lowest BCUT2D eigenvalue weighted by atomic mass is 9.97. The maximum absolute atomic E-state index is 12.5. The predicted molar refractivity (Wildman–Crippen MR) is 40.6 cm³/mol.